The fourth-order valence-electron chi connectivity index (χ4n) is 4.75. The van der Waals surface area contributed by atoms with Crippen molar-refractivity contribution in [3.05, 3.63) is 54.1 Å². The number of aryl methyl sites for hydroxylation is 2. The van der Waals surface area contributed by atoms with Crippen molar-refractivity contribution >= 4 is 17.4 Å². The van der Waals surface area contributed by atoms with Crippen LogP contribution in [0, 0.1) is 12.8 Å². The third-order valence-electron chi connectivity index (χ3n) is 6.28. The molecule has 0 N–H and O–H groups in total. The van der Waals surface area contributed by atoms with Gasteiger partial charge in [0.05, 0.1) is 6.04 Å². The molecule has 7 heteroatoms. The zero-order chi connectivity index (χ0) is 19.8. The number of amides is 1. The maximum atomic E-state index is 12.9. The van der Waals surface area contributed by atoms with Crippen LogP contribution >= 0.6 is 0 Å². The third kappa shape index (κ3) is 3.45. The second kappa shape index (κ2) is 7.46. The van der Waals surface area contributed by atoms with E-state index in [0.29, 0.717) is 11.9 Å². The predicted octanol–water partition coefficient (Wildman–Crippen LogP) is 2.49. The van der Waals surface area contributed by atoms with Gasteiger partial charge in [-0.05, 0) is 55.9 Å². The Morgan fingerprint density at radius 1 is 1.17 bits per heavy atom. The van der Waals surface area contributed by atoms with Crippen LogP contribution in [0.15, 0.2) is 43.0 Å². The molecule has 7 nitrogen and oxygen atoms in total. The topological polar surface area (TPSA) is 66.6 Å². The van der Waals surface area contributed by atoms with Gasteiger partial charge in [0.1, 0.15) is 12.1 Å². The van der Waals surface area contributed by atoms with Crippen molar-refractivity contribution in [2.45, 2.75) is 38.6 Å². The summed E-state index contributed by atoms with van der Waals surface area (Å²) in [5.41, 5.74) is 3.29. The van der Waals surface area contributed by atoms with Gasteiger partial charge < -0.3 is 9.80 Å². The second-order valence-corrected chi connectivity index (χ2v) is 8.21. The standard InChI is InChI=1S/C22H26N6O/c1-16-7-8-20(23-13-16)26-10-11-27-19(14-26)12-18(22(27)29)5-2-4-17-6-3-9-28-21(17)24-15-25-28/h3,6-9,13,15,18-19H,2,4-5,10-12,14H2,1H3/t18-,19-/m0/s1. The Labute approximate surface area is 170 Å². The molecule has 0 unspecified atom stereocenters. The van der Waals surface area contributed by atoms with Crippen LogP contribution < -0.4 is 4.90 Å². The maximum absolute atomic E-state index is 12.9. The average Bonchev–Trinajstić information content (AvgIpc) is 3.34. The number of carbonyl (C=O) groups excluding carboxylic acids is 1. The van der Waals surface area contributed by atoms with Crippen LogP contribution in [0.1, 0.15) is 30.4 Å². The van der Waals surface area contributed by atoms with E-state index in [1.54, 1.807) is 6.33 Å². The van der Waals surface area contributed by atoms with Crippen LogP contribution in [0.3, 0.4) is 0 Å². The van der Waals surface area contributed by atoms with Crippen molar-refractivity contribution in [2.24, 2.45) is 5.92 Å². The summed E-state index contributed by atoms with van der Waals surface area (Å²) in [6.45, 7) is 4.60. The van der Waals surface area contributed by atoms with E-state index in [9.17, 15) is 4.79 Å². The van der Waals surface area contributed by atoms with E-state index in [1.165, 1.54) is 11.1 Å². The first kappa shape index (κ1) is 18.1. The summed E-state index contributed by atoms with van der Waals surface area (Å²) in [5.74, 6) is 1.50. The number of anilines is 1. The van der Waals surface area contributed by atoms with Crippen molar-refractivity contribution in [3.63, 3.8) is 0 Å². The number of aromatic nitrogens is 4. The third-order valence-corrected chi connectivity index (χ3v) is 6.28. The first-order chi connectivity index (χ1) is 14.2. The molecule has 2 saturated heterocycles. The van der Waals surface area contributed by atoms with E-state index >= 15 is 0 Å². The van der Waals surface area contributed by atoms with Crippen molar-refractivity contribution in [2.75, 3.05) is 24.5 Å². The zero-order valence-electron chi connectivity index (χ0n) is 16.7. The number of rotatable bonds is 5. The molecular formula is C22H26N6O. The highest BCUT2D eigenvalue weighted by Crippen LogP contribution is 2.32. The molecule has 2 aliphatic rings. The molecule has 3 aromatic rings. The minimum Gasteiger partial charge on any atom is -0.353 e. The lowest BCUT2D eigenvalue weighted by Crippen LogP contribution is -2.51. The summed E-state index contributed by atoms with van der Waals surface area (Å²) in [4.78, 5) is 26.3. The molecule has 2 aliphatic heterocycles. The van der Waals surface area contributed by atoms with Crippen LogP contribution in [0.5, 0.6) is 0 Å². The molecule has 0 radical (unpaired) electrons. The summed E-state index contributed by atoms with van der Waals surface area (Å²) in [5, 5.41) is 4.20. The van der Waals surface area contributed by atoms with E-state index in [0.717, 1.165) is 56.8 Å². The molecule has 0 bridgehead atoms. The van der Waals surface area contributed by atoms with Crippen molar-refractivity contribution in [3.8, 4) is 0 Å². The number of carbonyl (C=O) groups is 1. The molecule has 1 amide bonds. The minimum atomic E-state index is 0.142. The number of nitrogens with zero attached hydrogens (tertiary/aromatic N) is 6. The van der Waals surface area contributed by atoms with Gasteiger partial charge in [0.15, 0.2) is 5.65 Å². The Hall–Kier alpha value is -2.96. The summed E-state index contributed by atoms with van der Waals surface area (Å²) in [6, 6.07) is 8.61. The lowest BCUT2D eigenvalue weighted by molar-refractivity contribution is -0.132. The first-order valence-corrected chi connectivity index (χ1v) is 10.4. The zero-order valence-corrected chi connectivity index (χ0v) is 16.7. The molecule has 0 aliphatic carbocycles. The molecule has 2 fully saturated rings. The Kier molecular flexibility index (Phi) is 4.66. The molecule has 29 heavy (non-hydrogen) atoms. The fourth-order valence-corrected chi connectivity index (χ4v) is 4.75. The molecule has 3 aromatic heterocycles. The van der Waals surface area contributed by atoms with Gasteiger partial charge in [-0.1, -0.05) is 12.1 Å². The van der Waals surface area contributed by atoms with Gasteiger partial charge in [-0.2, -0.15) is 5.10 Å². The molecular weight excluding hydrogens is 364 g/mol. The van der Waals surface area contributed by atoms with E-state index in [1.807, 2.05) is 23.0 Å². The molecule has 0 aromatic carbocycles. The quantitative estimate of drug-likeness (QED) is 0.670. The average molecular weight is 390 g/mol. The van der Waals surface area contributed by atoms with E-state index in [-0.39, 0.29) is 5.92 Å². The van der Waals surface area contributed by atoms with Crippen LogP contribution in [0.25, 0.3) is 5.65 Å². The molecule has 150 valence electrons. The van der Waals surface area contributed by atoms with Crippen molar-refractivity contribution < 1.29 is 4.79 Å². The lowest BCUT2D eigenvalue weighted by atomic mass is 9.96. The number of hydrogen-bond acceptors (Lipinski definition) is 5. The van der Waals surface area contributed by atoms with Crippen LogP contribution in [-0.2, 0) is 11.2 Å². The smallest absolute Gasteiger partial charge is 0.226 e. The van der Waals surface area contributed by atoms with E-state index < -0.39 is 0 Å². The summed E-state index contributed by atoms with van der Waals surface area (Å²) in [7, 11) is 0. The monoisotopic (exact) mass is 390 g/mol. The van der Waals surface area contributed by atoms with Crippen molar-refractivity contribution in [1.82, 2.24) is 24.5 Å². The number of hydrogen-bond donors (Lipinski definition) is 0. The van der Waals surface area contributed by atoms with Crippen LogP contribution in [0.4, 0.5) is 5.82 Å². The normalized spacial score (nSPS) is 21.8. The second-order valence-electron chi connectivity index (χ2n) is 8.21. The largest absolute Gasteiger partial charge is 0.353 e. The number of fused-ring (bicyclic) bond motifs is 2. The molecule has 0 spiro atoms. The predicted molar refractivity (Wildman–Crippen MR) is 111 cm³/mol. The Bertz CT molecular complexity index is 1010. The minimum absolute atomic E-state index is 0.142. The Balaban J connectivity index is 1.19. The highest BCUT2D eigenvalue weighted by Gasteiger charge is 2.42. The van der Waals surface area contributed by atoms with Crippen LogP contribution in [-0.4, -0.2) is 56.1 Å². The molecule has 2 atom stereocenters. The van der Waals surface area contributed by atoms with Gasteiger partial charge in [0.25, 0.3) is 0 Å². The highest BCUT2D eigenvalue weighted by atomic mass is 16.2. The summed E-state index contributed by atoms with van der Waals surface area (Å²) >= 11 is 0. The summed E-state index contributed by atoms with van der Waals surface area (Å²) < 4.78 is 1.81. The van der Waals surface area contributed by atoms with Gasteiger partial charge >= 0.3 is 0 Å². The maximum Gasteiger partial charge on any atom is 0.226 e. The molecule has 5 heterocycles. The Morgan fingerprint density at radius 2 is 2.10 bits per heavy atom. The van der Waals surface area contributed by atoms with Gasteiger partial charge in [-0.25, -0.2) is 14.5 Å². The van der Waals surface area contributed by atoms with Gasteiger partial charge in [0.2, 0.25) is 5.91 Å². The van der Waals surface area contributed by atoms with Gasteiger partial charge in [-0.3, -0.25) is 4.79 Å². The summed E-state index contributed by atoms with van der Waals surface area (Å²) in [6.07, 6.45) is 9.23. The van der Waals surface area contributed by atoms with E-state index in [4.69, 9.17) is 0 Å². The van der Waals surface area contributed by atoms with Crippen molar-refractivity contribution in [1.29, 1.82) is 0 Å². The Morgan fingerprint density at radius 3 is 2.97 bits per heavy atom. The molecule has 0 saturated carbocycles. The van der Waals surface area contributed by atoms with Crippen LogP contribution in [0.2, 0.25) is 0 Å². The molecule has 5 rings (SSSR count). The number of piperazine rings is 1. The first-order valence-electron chi connectivity index (χ1n) is 10.4. The van der Waals surface area contributed by atoms with Gasteiger partial charge in [0, 0.05) is 37.9 Å². The SMILES string of the molecule is Cc1ccc(N2CCN3C(=O)[C@@H](CCCc4cccn5ncnc45)C[C@H]3C2)nc1. The fraction of sp³-hybridized carbons (Fsp3) is 0.455. The van der Waals surface area contributed by atoms with Gasteiger partial charge in [-0.15, -0.1) is 0 Å². The van der Waals surface area contributed by atoms with E-state index in [2.05, 4.69) is 50.0 Å². The highest BCUT2D eigenvalue weighted by molar-refractivity contribution is 5.82. The lowest BCUT2D eigenvalue weighted by Gasteiger charge is -2.38. The number of pyridine rings is 2.